The highest BCUT2D eigenvalue weighted by atomic mass is 79.9. The van der Waals surface area contributed by atoms with Crippen LogP contribution >= 0.6 is 15.9 Å². The zero-order chi connectivity index (χ0) is 26.2. The topological polar surface area (TPSA) is 104 Å². The maximum atomic E-state index is 15.1. The fourth-order valence-corrected chi connectivity index (χ4v) is 5.57. The van der Waals surface area contributed by atoms with Crippen molar-refractivity contribution in [2.75, 3.05) is 49.6 Å². The first-order chi connectivity index (χ1) is 17.0. The van der Waals surface area contributed by atoms with Crippen LogP contribution in [0.15, 0.2) is 35.1 Å². The molecule has 2 amide bonds. The van der Waals surface area contributed by atoms with E-state index in [1.807, 2.05) is 0 Å². The van der Waals surface area contributed by atoms with E-state index in [2.05, 4.69) is 45.4 Å². The molecule has 4 rings (SSSR count). The number of rotatable bonds is 5. The van der Waals surface area contributed by atoms with Gasteiger partial charge in [0.05, 0.1) is 34.7 Å². The molecule has 2 aromatic rings. The van der Waals surface area contributed by atoms with Crippen LogP contribution in [-0.2, 0) is 0 Å². The largest absolute Gasteiger partial charge is 0.397 e. The highest BCUT2D eigenvalue weighted by Crippen LogP contribution is 2.36. The minimum Gasteiger partial charge on any atom is -0.397 e. The summed E-state index contributed by atoms with van der Waals surface area (Å²) in [5, 5.41) is 5.71. The molecular formula is C25H31BrF2N6O2. The van der Waals surface area contributed by atoms with Crippen molar-refractivity contribution in [2.24, 2.45) is 11.8 Å². The summed E-state index contributed by atoms with van der Waals surface area (Å²) in [4.78, 5) is 33.3. The summed E-state index contributed by atoms with van der Waals surface area (Å²) in [6, 6.07) is 3.33. The number of hydrogen-bond acceptors (Lipinski definition) is 6. The van der Waals surface area contributed by atoms with Gasteiger partial charge in [0.2, 0.25) is 0 Å². The summed E-state index contributed by atoms with van der Waals surface area (Å²) in [6.07, 6.45) is 3.92. The van der Waals surface area contributed by atoms with E-state index in [-0.39, 0.29) is 35.0 Å². The summed E-state index contributed by atoms with van der Waals surface area (Å²) in [5.74, 6) is -3.35. The number of aromatic nitrogens is 1. The number of alkyl halides is 2. The van der Waals surface area contributed by atoms with Crippen molar-refractivity contribution in [1.82, 2.24) is 14.8 Å². The molecule has 36 heavy (non-hydrogen) atoms. The second kappa shape index (κ2) is 10.2. The molecule has 0 spiro atoms. The molecule has 0 bridgehead atoms. The molecule has 1 aromatic heterocycles. The van der Waals surface area contributed by atoms with Gasteiger partial charge in [-0.3, -0.25) is 14.6 Å². The minimum absolute atomic E-state index is 0.159. The Morgan fingerprint density at radius 1 is 1.08 bits per heavy atom. The molecule has 0 radical (unpaired) electrons. The summed E-state index contributed by atoms with van der Waals surface area (Å²) >= 11 is 3.37. The van der Waals surface area contributed by atoms with Crippen LogP contribution in [0.3, 0.4) is 0 Å². The van der Waals surface area contributed by atoms with Crippen LogP contribution < -0.4 is 16.4 Å². The van der Waals surface area contributed by atoms with Crippen LogP contribution in [0.4, 0.5) is 25.8 Å². The number of pyridine rings is 1. The van der Waals surface area contributed by atoms with Gasteiger partial charge in [-0.2, -0.15) is 0 Å². The van der Waals surface area contributed by atoms with Crippen molar-refractivity contribution in [3.05, 3.63) is 46.2 Å². The van der Waals surface area contributed by atoms with Crippen molar-refractivity contribution in [2.45, 2.75) is 32.2 Å². The molecule has 11 heteroatoms. The molecule has 2 fully saturated rings. The molecule has 4 N–H and O–H groups in total. The summed E-state index contributed by atoms with van der Waals surface area (Å²) < 4.78 is 30.9. The van der Waals surface area contributed by atoms with Gasteiger partial charge in [0.15, 0.2) is 0 Å². The van der Waals surface area contributed by atoms with Gasteiger partial charge in [-0.15, -0.1) is 0 Å². The summed E-state index contributed by atoms with van der Waals surface area (Å²) in [7, 11) is 1.68. The Balaban J connectivity index is 1.59. The van der Waals surface area contributed by atoms with Gasteiger partial charge in [-0.05, 0) is 36.5 Å². The average molecular weight is 565 g/mol. The number of halogens is 3. The van der Waals surface area contributed by atoms with Crippen molar-refractivity contribution >= 4 is 44.8 Å². The molecule has 194 valence electrons. The third-order valence-electron chi connectivity index (χ3n) is 6.71. The predicted molar refractivity (Wildman–Crippen MR) is 139 cm³/mol. The maximum Gasteiger partial charge on any atom is 0.286 e. The smallest absolute Gasteiger partial charge is 0.286 e. The molecule has 0 aliphatic carbocycles. The molecule has 8 nitrogen and oxygen atoms in total. The van der Waals surface area contributed by atoms with Crippen LogP contribution in [0, 0.1) is 11.8 Å². The zero-order valence-electron chi connectivity index (χ0n) is 20.5. The zero-order valence-corrected chi connectivity index (χ0v) is 22.1. The number of nitrogen functional groups attached to an aromatic ring is 1. The van der Waals surface area contributed by atoms with Gasteiger partial charge >= 0.3 is 0 Å². The first-order valence-corrected chi connectivity index (χ1v) is 12.7. The van der Waals surface area contributed by atoms with E-state index in [0.29, 0.717) is 35.1 Å². The average Bonchev–Trinajstić information content (AvgIpc) is 3.12. The van der Waals surface area contributed by atoms with E-state index in [4.69, 9.17) is 5.73 Å². The third-order valence-corrected chi connectivity index (χ3v) is 7.17. The van der Waals surface area contributed by atoms with Crippen molar-refractivity contribution in [3.63, 3.8) is 0 Å². The molecule has 2 aliphatic rings. The van der Waals surface area contributed by atoms with Crippen molar-refractivity contribution < 1.29 is 18.4 Å². The van der Waals surface area contributed by atoms with Gasteiger partial charge in [0.25, 0.3) is 17.7 Å². The Morgan fingerprint density at radius 3 is 2.44 bits per heavy atom. The number of nitrogens with zero attached hydrogens (tertiary/aromatic N) is 3. The Morgan fingerprint density at radius 2 is 1.78 bits per heavy atom. The normalized spacial score (nSPS) is 23.4. The molecule has 2 saturated heterocycles. The van der Waals surface area contributed by atoms with Gasteiger partial charge in [-0.1, -0.05) is 29.8 Å². The van der Waals surface area contributed by atoms with Gasteiger partial charge in [0.1, 0.15) is 6.04 Å². The lowest BCUT2D eigenvalue weighted by molar-refractivity contribution is 0.00430. The quantitative estimate of drug-likeness (QED) is 0.471. The molecule has 0 saturated carbocycles. The Hall–Kier alpha value is -2.95. The molecular weight excluding hydrogens is 534 g/mol. The molecule has 3 atom stereocenters. The lowest BCUT2D eigenvalue weighted by Crippen LogP contribution is -2.43. The van der Waals surface area contributed by atoms with E-state index in [9.17, 15) is 9.59 Å². The number of amides is 2. The monoisotopic (exact) mass is 564 g/mol. The van der Waals surface area contributed by atoms with E-state index in [1.54, 1.807) is 36.3 Å². The first-order valence-electron chi connectivity index (χ1n) is 11.9. The van der Waals surface area contributed by atoms with Crippen LogP contribution in [-0.4, -0.2) is 71.8 Å². The van der Waals surface area contributed by atoms with E-state index >= 15 is 8.78 Å². The molecule has 3 heterocycles. The van der Waals surface area contributed by atoms with Crippen LogP contribution in [0.2, 0.25) is 0 Å². The van der Waals surface area contributed by atoms with Crippen LogP contribution in [0.5, 0.6) is 0 Å². The number of anilines is 3. The highest BCUT2D eigenvalue weighted by molar-refractivity contribution is 9.10. The standard InChI is InChI=1S/C25H31BrF2N6O2/c1-14-4-15(2)11-33(10-14)24(36)19-6-17(26)7-20(29)22(19)32-21-12-34(13-25(21,27)28)23(35)16-5-18(30-3)9-31-8-16/h5-9,14-15,21,30,32H,4,10-13,29H2,1-3H3/t14-,15+,21-/m0/s1. The SMILES string of the molecule is CNc1cncc(C(=O)N2C[C@H](Nc3c(N)cc(Br)cc3C(=O)N3C[C@H](C)C[C@H](C)C3)C(F)(F)C2)c1. The molecule has 0 unspecified atom stereocenters. The van der Waals surface area contributed by atoms with Crippen LogP contribution in [0.1, 0.15) is 41.0 Å². The summed E-state index contributed by atoms with van der Waals surface area (Å²) in [6.45, 7) is 4.37. The fourth-order valence-electron chi connectivity index (χ4n) is 5.10. The van der Waals surface area contributed by atoms with E-state index in [0.717, 1.165) is 11.3 Å². The first kappa shape index (κ1) is 26.1. The number of hydrogen-bond donors (Lipinski definition) is 3. The number of nitrogens with one attached hydrogen (secondary N) is 2. The van der Waals surface area contributed by atoms with E-state index in [1.165, 1.54) is 6.20 Å². The Kier molecular flexibility index (Phi) is 7.40. The third kappa shape index (κ3) is 5.40. The second-order valence-corrected chi connectivity index (χ2v) is 10.8. The van der Waals surface area contributed by atoms with Gasteiger partial charge < -0.3 is 26.2 Å². The maximum absolute atomic E-state index is 15.1. The minimum atomic E-state index is -3.24. The lowest BCUT2D eigenvalue weighted by Gasteiger charge is -2.35. The molecule has 1 aromatic carbocycles. The Bertz CT molecular complexity index is 1150. The number of piperidine rings is 1. The lowest BCUT2D eigenvalue weighted by atomic mass is 9.91. The van der Waals surface area contributed by atoms with Crippen LogP contribution in [0.25, 0.3) is 0 Å². The number of carbonyl (C=O) groups is 2. The number of likely N-dealkylation sites (tertiary alicyclic amines) is 2. The van der Waals surface area contributed by atoms with Crippen molar-refractivity contribution in [1.29, 1.82) is 0 Å². The van der Waals surface area contributed by atoms with Crippen molar-refractivity contribution in [3.8, 4) is 0 Å². The fraction of sp³-hybridized carbons (Fsp3) is 0.480. The summed E-state index contributed by atoms with van der Waals surface area (Å²) in [5.41, 5.74) is 7.61. The van der Waals surface area contributed by atoms with Gasteiger partial charge in [0, 0.05) is 43.5 Å². The Labute approximate surface area is 217 Å². The number of benzene rings is 1. The highest BCUT2D eigenvalue weighted by Gasteiger charge is 2.50. The predicted octanol–water partition coefficient (Wildman–Crippen LogP) is 4.16. The van der Waals surface area contributed by atoms with E-state index < -0.39 is 24.4 Å². The van der Waals surface area contributed by atoms with Gasteiger partial charge in [-0.25, -0.2) is 8.78 Å². The molecule has 2 aliphatic heterocycles. The number of carbonyl (C=O) groups excluding carboxylic acids is 2. The number of nitrogens with two attached hydrogens (primary N) is 1. The second-order valence-electron chi connectivity index (χ2n) is 9.93.